The predicted molar refractivity (Wildman–Crippen MR) is 126 cm³/mol. The summed E-state index contributed by atoms with van der Waals surface area (Å²) in [6.07, 6.45) is 4.10. The van der Waals surface area contributed by atoms with Crippen LogP contribution in [0.3, 0.4) is 0 Å². The maximum Gasteiger partial charge on any atom is 0.404 e. The zero-order chi connectivity index (χ0) is 22.5. The summed E-state index contributed by atoms with van der Waals surface area (Å²) < 4.78 is 5.64. The lowest BCUT2D eigenvalue weighted by Gasteiger charge is -2.20. The summed E-state index contributed by atoms with van der Waals surface area (Å²) >= 11 is 8.00. The molecular formula is C22H24ClN5O3S. The van der Waals surface area contributed by atoms with Crippen molar-refractivity contribution in [2.45, 2.75) is 44.1 Å². The van der Waals surface area contributed by atoms with Crippen LogP contribution in [0.2, 0.25) is 5.02 Å². The quantitative estimate of drug-likeness (QED) is 0.342. The van der Waals surface area contributed by atoms with E-state index in [1.807, 2.05) is 24.3 Å². The zero-order valence-corrected chi connectivity index (χ0v) is 19.0. The van der Waals surface area contributed by atoms with Crippen LogP contribution in [0.25, 0.3) is 22.2 Å². The van der Waals surface area contributed by atoms with Crippen LogP contribution in [0, 0.1) is 0 Å². The molecule has 32 heavy (non-hydrogen) atoms. The third-order valence-electron chi connectivity index (χ3n) is 4.83. The number of halogens is 1. The van der Waals surface area contributed by atoms with E-state index in [4.69, 9.17) is 27.2 Å². The number of thioether (sulfide) groups is 1. The normalized spacial score (nSPS) is 13.9. The van der Waals surface area contributed by atoms with Gasteiger partial charge >= 0.3 is 6.09 Å². The summed E-state index contributed by atoms with van der Waals surface area (Å²) in [5.41, 5.74) is 8.79. The number of hydrogen-bond acceptors (Lipinski definition) is 7. The van der Waals surface area contributed by atoms with E-state index in [1.165, 1.54) is 31.0 Å². The lowest BCUT2D eigenvalue weighted by Crippen LogP contribution is -2.22. The van der Waals surface area contributed by atoms with Gasteiger partial charge in [0.1, 0.15) is 0 Å². The van der Waals surface area contributed by atoms with Crippen molar-refractivity contribution in [2.24, 2.45) is 0 Å². The highest BCUT2D eigenvalue weighted by Gasteiger charge is 2.20. The van der Waals surface area contributed by atoms with E-state index in [9.17, 15) is 4.79 Å². The van der Waals surface area contributed by atoms with Gasteiger partial charge in [0.2, 0.25) is 5.95 Å². The molecule has 2 heterocycles. The van der Waals surface area contributed by atoms with E-state index in [1.54, 1.807) is 0 Å². The number of benzene rings is 2. The van der Waals surface area contributed by atoms with Gasteiger partial charge in [0.15, 0.2) is 11.0 Å². The summed E-state index contributed by atoms with van der Waals surface area (Å²) in [6, 6.07) is 7.90. The Bertz CT molecular complexity index is 1140. The topological polar surface area (TPSA) is 123 Å². The number of amides is 1. The van der Waals surface area contributed by atoms with Crippen molar-refractivity contribution in [3.63, 3.8) is 0 Å². The number of nitrogens with zero attached hydrogens (tertiary/aromatic N) is 3. The standard InChI is InChI=1S/C19H18ClN5O3S.C3H6/c20-13-7-11-9-28-8-10-3-1-4-12(14(10)11)15(13)16-23-17(21)25-18(24-16)29-6-2-5-22-19(26)27;1-2-3-1/h1,3-4,7,22H,2,5-6,8-9H2,(H,26,27)(H2,21,23,24,25);1-3H2. The van der Waals surface area contributed by atoms with Gasteiger partial charge in [-0.1, -0.05) is 60.8 Å². The van der Waals surface area contributed by atoms with Crippen LogP contribution in [0.4, 0.5) is 10.7 Å². The highest BCUT2D eigenvalue weighted by Crippen LogP contribution is 2.39. The monoisotopic (exact) mass is 473 g/mol. The lowest BCUT2D eigenvalue weighted by atomic mass is 9.94. The smallest absolute Gasteiger partial charge is 0.404 e. The van der Waals surface area contributed by atoms with E-state index >= 15 is 0 Å². The molecule has 1 aliphatic heterocycles. The Hall–Kier alpha value is -2.62. The van der Waals surface area contributed by atoms with Crippen LogP contribution in [-0.2, 0) is 18.0 Å². The highest BCUT2D eigenvalue weighted by atomic mass is 35.5. The Labute approximate surface area is 194 Å². The molecule has 0 radical (unpaired) electrons. The molecule has 0 atom stereocenters. The van der Waals surface area contributed by atoms with Crippen molar-refractivity contribution in [3.8, 4) is 11.4 Å². The summed E-state index contributed by atoms with van der Waals surface area (Å²) in [5.74, 6) is 1.17. The third kappa shape index (κ3) is 5.59. The van der Waals surface area contributed by atoms with Gasteiger partial charge < -0.3 is 20.9 Å². The molecule has 8 nitrogen and oxygen atoms in total. The van der Waals surface area contributed by atoms with Crippen molar-refractivity contribution >= 4 is 46.2 Å². The molecule has 1 aliphatic carbocycles. The maximum atomic E-state index is 10.5. The number of ether oxygens (including phenoxy) is 1. The molecule has 0 bridgehead atoms. The minimum absolute atomic E-state index is 0.112. The molecule has 5 rings (SSSR count). The molecule has 2 aromatic carbocycles. The SMILES string of the molecule is C1CC1.Nc1nc(SCCCNC(=O)O)nc(-c2c(Cl)cc3c4c(cccc24)COC3)n1. The van der Waals surface area contributed by atoms with Gasteiger partial charge in [0, 0.05) is 17.9 Å². The third-order valence-corrected chi connectivity index (χ3v) is 6.07. The molecule has 4 N–H and O–H groups in total. The molecule has 0 unspecified atom stereocenters. The highest BCUT2D eigenvalue weighted by molar-refractivity contribution is 7.99. The van der Waals surface area contributed by atoms with E-state index < -0.39 is 6.09 Å². The molecule has 0 spiro atoms. The van der Waals surface area contributed by atoms with Crippen LogP contribution in [-0.4, -0.2) is 38.4 Å². The first-order valence-electron chi connectivity index (χ1n) is 10.4. The van der Waals surface area contributed by atoms with Crippen LogP contribution in [0.15, 0.2) is 29.4 Å². The number of nitrogen functional groups attached to an aromatic ring is 1. The molecular weight excluding hydrogens is 450 g/mol. The van der Waals surface area contributed by atoms with Crippen LogP contribution in [0.5, 0.6) is 0 Å². The van der Waals surface area contributed by atoms with Gasteiger partial charge in [-0.3, -0.25) is 0 Å². The molecule has 0 saturated heterocycles. The number of aromatic nitrogens is 3. The fourth-order valence-electron chi connectivity index (χ4n) is 3.33. The Morgan fingerprint density at radius 1 is 1.19 bits per heavy atom. The van der Waals surface area contributed by atoms with Gasteiger partial charge in [-0.2, -0.15) is 9.97 Å². The molecule has 1 amide bonds. The molecule has 3 aromatic rings. The van der Waals surface area contributed by atoms with Crippen molar-refractivity contribution in [3.05, 3.63) is 40.4 Å². The van der Waals surface area contributed by atoms with Crippen LogP contribution in [0.1, 0.15) is 36.8 Å². The molecule has 168 valence electrons. The molecule has 1 aromatic heterocycles. The van der Waals surface area contributed by atoms with Gasteiger partial charge in [-0.25, -0.2) is 9.78 Å². The minimum atomic E-state index is -1.04. The maximum absolute atomic E-state index is 10.5. The number of anilines is 1. The number of hydrogen-bond donors (Lipinski definition) is 3. The Balaban J connectivity index is 0.000000754. The molecule has 2 aliphatic rings. The van der Waals surface area contributed by atoms with Crippen LogP contribution < -0.4 is 11.1 Å². The number of nitrogens with two attached hydrogens (primary N) is 1. The van der Waals surface area contributed by atoms with E-state index in [0.29, 0.717) is 47.9 Å². The van der Waals surface area contributed by atoms with Gasteiger partial charge in [-0.15, -0.1) is 0 Å². The Morgan fingerprint density at radius 3 is 2.72 bits per heavy atom. The second-order valence-corrected chi connectivity index (χ2v) is 8.99. The van der Waals surface area contributed by atoms with E-state index in [-0.39, 0.29) is 5.95 Å². The Kier molecular flexibility index (Phi) is 7.29. The molecule has 1 fully saturated rings. The minimum Gasteiger partial charge on any atom is -0.465 e. The first-order chi connectivity index (χ1) is 15.5. The van der Waals surface area contributed by atoms with E-state index in [2.05, 4.69) is 20.3 Å². The van der Waals surface area contributed by atoms with Crippen molar-refractivity contribution in [1.82, 2.24) is 20.3 Å². The number of carbonyl (C=O) groups is 1. The first kappa shape index (κ1) is 22.6. The zero-order valence-electron chi connectivity index (χ0n) is 17.4. The van der Waals surface area contributed by atoms with Crippen molar-refractivity contribution < 1.29 is 14.6 Å². The van der Waals surface area contributed by atoms with Crippen molar-refractivity contribution in [1.29, 1.82) is 0 Å². The average Bonchev–Trinajstić information content (AvgIpc) is 3.63. The second-order valence-electron chi connectivity index (χ2n) is 7.52. The van der Waals surface area contributed by atoms with Gasteiger partial charge in [0.05, 0.1) is 18.2 Å². The summed E-state index contributed by atoms with van der Waals surface area (Å²) in [5, 5.41) is 14.0. The lowest BCUT2D eigenvalue weighted by molar-refractivity contribution is 0.103. The fraction of sp³-hybridized carbons (Fsp3) is 0.364. The van der Waals surface area contributed by atoms with E-state index in [0.717, 1.165) is 27.5 Å². The number of nitrogens with one attached hydrogen (secondary N) is 1. The largest absolute Gasteiger partial charge is 0.465 e. The summed E-state index contributed by atoms with van der Waals surface area (Å²) in [4.78, 5) is 23.6. The van der Waals surface area contributed by atoms with Crippen molar-refractivity contribution in [2.75, 3.05) is 18.0 Å². The summed E-state index contributed by atoms with van der Waals surface area (Å²) in [7, 11) is 0. The first-order valence-corrected chi connectivity index (χ1v) is 11.8. The fourth-order valence-corrected chi connectivity index (χ4v) is 4.42. The Morgan fingerprint density at radius 2 is 1.97 bits per heavy atom. The average molecular weight is 474 g/mol. The van der Waals surface area contributed by atoms with Crippen LogP contribution >= 0.6 is 23.4 Å². The number of rotatable bonds is 6. The number of carboxylic acid groups (broad SMARTS) is 1. The second kappa shape index (κ2) is 10.3. The van der Waals surface area contributed by atoms with Gasteiger partial charge in [0.25, 0.3) is 0 Å². The molecule has 10 heteroatoms. The molecule has 1 saturated carbocycles. The predicted octanol–water partition coefficient (Wildman–Crippen LogP) is 4.88. The summed E-state index contributed by atoms with van der Waals surface area (Å²) in [6.45, 7) is 1.42. The van der Waals surface area contributed by atoms with Gasteiger partial charge in [-0.05, 0) is 34.4 Å².